The van der Waals surface area contributed by atoms with Crippen LogP contribution in [0.3, 0.4) is 0 Å². The van der Waals surface area contributed by atoms with Crippen LogP contribution in [0, 0.1) is 0 Å². The lowest BCUT2D eigenvalue weighted by Gasteiger charge is -2.21. The average Bonchev–Trinajstić information content (AvgIpc) is 3.44. The molecule has 0 unspecified atom stereocenters. The molecule has 0 saturated carbocycles. The van der Waals surface area contributed by atoms with Crippen LogP contribution in [0.4, 0.5) is 0 Å². The van der Waals surface area contributed by atoms with Crippen LogP contribution in [0.2, 0.25) is 0 Å². The maximum atomic E-state index is 12.7. The van der Waals surface area contributed by atoms with Gasteiger partial charge in [-0.05, 0) is 13.3 Å². The molecule has 1 N–H and O–H groups in total. The summed E-state index contributed by atoms with van der Waals surface area (Å²) in [4.78, 5) is 29.2. The van der Waals surface area contributed by atoms with Gasteiger partial charge in [-0.3, -0.25) is 19.2 Å². The standard InChI is InChI=1S/C23H28N6O3/c1-2-29-17-18(14-25-29)16-27-9-6-10-28(12-11-27)22(30)15-24-23(31)20-13-21(32-26-20)19-7-4-3-5-8-19/h3-5,7-8,13-14,17H,2,6,9-12,15-16H2,1H3,(H,24,31). The van der Waals surface area contributed by atoms with Crippen molar-refractivity contribution in [3.63, 3.8) is 0 Å². The average molecular weight is 437 g/mol. The van der Waals surface area contributed by atoms with Gasteiger partial charge < -0.3 is 14.7 Å². The summed E-state index contributed by atoms with van der Waals surface area (Å²) in [7, 11) is 0. The highest BCUT2D eigenvalue weighted by Gasteiger charge is 2.21. The van der Waals surface area contributed by atoms with Gasteiger partial charge in [0.05, 0.1) is 12.7 Å². The van der Waals surface area contributed by atoms with Gasteiger partial charge in [0.2, 0.25) is 5.91 Å². The predicted octanol–water partition coefficient (Wildman–Crippen LogP) is 2.02. The molecule has 0 atom stereocenters. The van der Waals surface area contributed by atoms with Crippen molar-refractivity contribution in [1.82, 2.24) is 30.1 Å². The first-order chi connectivity index (χ1) is 15.6. The molecule has 3 aromatic rings. The summed E-state index contributed by atoms with van der Waals surface area (Å²) in [6, 6.07) is 11.0. The molecule has 0 aliphatic carbocycles. The normalized spacial score (nSPS) is 14.8. The maximum absolute atomic E-state index is 12.7. The minimum atomic E-state index is -0.423. The molecule has 1 fully saturated rings. The molecule has 168 valence electrons. The zero-order valence-corrected chi connectivity index (χ0v) is 18.2. The third-order valence-electron chi connectivity index (χ3n) is 5.56. The number of hydrogen-bond donors (Lipinski definition) is 1. The first-order valence-electron chi connectivity index (χ1n) is 10.9. The summed E-state index contributed by atoms with van der Waals surface area (Å²) >= 11 is 0. The van der Waals surface area contributed by atoms with Crippen LogP contribution in [0.25, 0.3) is 11.3 Å². The second-order valence-electron chi connectivity index (χ2n) is 7.84. The zero-order valence-electron chi connectivity index (χ0n) is 18.2. The quantitative estimate of drug-likeness (QED) is 0.609. The Morgan fingerprint density at radius 3 is 2.75 bits per heavy atom. The van der Waals surface area contributed by atoms with Crippen LogP contribution in [0.5, 0.6) is 0 Å². The van der Waals surface area contributed by atoms with Crippen molar-refractivity contribution in [2.75, 3.05) is 32.7 Å². The first-order valence-corrected chi connectivity index (χ1v) is 10.9. The van der Waals surface area contributed by atoms with E-state index in [1.54, 1.807) is 6.07 Å². The second-order valence-corrected chi connectivity index (χ2v) is 7.84. The van der Waals surface area contributed by atoms with E-state index >= 15 is 0 Å². The van der Waals surface area contributed by atoms with Crippen LogP contribution in [-0.4, -0.2) is 69.3 Å². The fraction of sp³-hybridized carbons (Fsp3) is 0.391. The van der Waals surface area contributed by atoms with Crippen LogP contribution in [-0.2, 0) is 17.9 Å². The largest absolute Gasteiger partial charge is 0.355 e. The molecule has 2 amide bonds. The summed E-state index contributed by atoms with van der Waals surface area (Å²) in [6.07, 6.45) is 4.86. The smallest absolute Gasteiger partial charge is 0.273 e. The Morgan fingerprint density at radius 2 is 1.97 bits per heavy atom. The number of carbonyl (C=O) groups is 2. The van der Waals surface area contributed by atoms with Gasteiger partial charge in [0.25, 0.3) is 5.91 Å². The number of aromatic nitrogens is 3. The highest BCUT2D eigenvalue weighted by atomic mass is 16.5. The summed E-state index contributed by atoms with van der Waals surface area (Å²) in [5.74, 6) is -0.00129. The summed E-state index contributed by atoms with van der Waals surface area (Å²) in [6.45, 7) is 6.73. The number of amides is 2. The predicted molar refractivity (Wildman–Crippen MR) is 119 cm³/mol. The van der Waals surface area contributed by atoms with Gasteiger partial charge in [0.1, 0.15) is 0 Å². The van der Waals surface area contributed by atoms with Crippen molar-refractivity contribution >= 4 is 11.8 Å². The number of nitrogens with zero attached hydrogens (tertiary/aromatic N) is 5. The summed E-state index contributed by atoms with van der Waals surface area (Å²) in [5.41, 5.74) is 2.18. The molecular formula is C23H28N6O3. The second kappa shape index (κ2) is 10.2. The van der Waals surface area contributed by atoms with E-state index in [2.05, 4.69) is 33.6 Å². The summed E-state index contributed by atoms with van der Waals surface area (Å²) in [5, 5.41) is 10.8. The molecule has 1 aliphatic rings. The number of nitrogens with one attached hydrogen (secondary N) is 1. The number of benzene rings is 1. The van der Waals surface area contributed by atoms with E-state index < -0.39 is 5.91 Å². The van der Waals surface area contributed by atoms with Gasteiger partial charge in [0.15, 0.2) is 11.5 Å². The number of aryl methyl sites for hydroxylation is 1. The van der Waals surface area contributed by atoms with E-state index in [9.17, 15) is 9.59 Å². The molecule has 32 heavy (non-hydrogen) atoms. The molecular weight excluding hydrogens is 408 g/mol. The zero-order chi connectivity index (χ0) is 22.3. The first kappa shape index (κ1) is 21.8. The lowest BCUT2D eigenvalue weighted by atomic mass is 10.1. The minimum Gasteiger partial charge on any atom is -0.355 e. The maximum Gasteiger partial charge on any atom is 0.273 e. The third-order valence-corrected chi connectivity index (χ3v) is 5.56. The number of carbonyl (C=O) groups excluding carboxylic acids is 2. The highest BCUT2D eigenvalue weighted by molar-refractivity contribution is 5.95. The molecule has 1 aliphatic heterocycles. The van der Waals surface area contributed by atoms with Gasteiger partial charge in [-0.1, -0.05) is 35.5 Å². The summed E-state index contributed by atoms with van der Waals surface area (Å²) < 4.78 is 7.18. The Balaban J connectivity index is 1.25. The highest BCUT2D eigenvalue weighted by Crippen LogP contribution is 2.19. The van der Waals surface area contributed by atoms with Crippen LogP contribution >= 0.6 is 0 Å². The van der Waals surface area contributed by atoms with Crippen molar-refractivity contribution < 1.29 is 14.1 Å². The van der Waals surface area contributed by atoms with Crippen LogP contribution in [0.15, 0.2) is 53.3 Å². The number of rotatable bonds is 7. The van der Waals surface area contributed by atoms with E-state index in [0.29, 0.717) is 18.8 Å². The van der Waals surface area contributed by atoms with Crippen LogP contribution < -0.4 is 5.32 Å². The lowest BCUT2D eigenvalue weighted by molar-refractivity contribution is -0.130. The molecule has 0 radical (unpaired) electrons. The Morgan fingerprint density at radius 1 is 1.12 bits per heavy atom. The van der Waals surface area contributed by atoms with Crippen molar-refractivity contribution in [3.8, 4) is 11.3 Å². The molecule has 4 rings (SSSR count). The van der Waals surface area contributed by atoms with Gasteiger partial charge in [-0.15, -0.1) is 0 Å². The Labute approximate surface area is 187 Å². The van der Waals surface area contributed by atoms with E-state index in [1.165, 1.54) is 5.56 Å². The Bertz CT molecular complexity index is 1040. The van der Waals surface area contributed by atoms with E-state index in [1.807, 2.05) is 46.1 Å². The van der Waals surface area contributed by atoms with Crippen LogP contribution in [0.1, 0.15) is 29.4 Å². The molecule has 9 nitrogen and oxygen atoms in total. The molecule has 0 spiro atoms. The fourth-order valence-electron chi connectivity index (χ4n) is 3.78. The van der Waals surface area contributed by atoms with Gasteiger partial charge in [-0.25, -0.2) is 0 Å². The van der Waals surface area contributed by atoms with E-state index in [4.69, 9.17) is 4.52 Å². The monoisotopic (exact) mass is 436 g/mol. The number of hydrogen-bond acceptors (Lipinski definition) is 6. The lowest BCUT2D eigenvalue weighted by Crippen LogP contribution is -2.42. The molecule has 1 aromatic carbocycles. The third kappa shape index (κ3) is 5.42. The Hall–Kier alpha value is -3.46. The van der Waals surface area contributed by atoms with Crippen molar-refractivity contribution in [2.24, 2.45) is 0 Å². The minimum absolute atomic E-state index is 0.0599. The van der Waals surface area contributed by atoms with E-state index in [0.717, 1.165) is 38.2 Å². The van der Waals surface area contributed by atoms with Gasteiger partial charge >= 0.3 is 0 Å². The molecule has 1 saturated heterocycles. The Kier molecular flexibility index (Phi) is 6.96. The van der Waals surface area contributed by atoms with Crippen molar-refractivity contribution in [3.05, 3.63) is 60.0 Å². The van der Waals surface area contributed by atoms with E-state index in [-0.39, 0.29) is 18.1 Å². The van der Waals surface area contributed by atoms with Gasteiger partial charge in [0, 0.05) is 62.7 Å². The molecule has 0 bridgehead atoms. The fourth-order valence-corrected chi connectivity index (χ4v) is 3.78. The topological polar surface area (TPSA) is 96.5 Å². The SMILES string of the molecule is CCn1cc(CN2CCCN(C(=O)CNC(=O)c3cc(-c4ccccc4)on3)CC2)cn1. The van der Waals surface area contributed by atoms with Crippen molar-refractivity contribution in [2.45, 2.75) is 26.4 Å². The molecule has 9 heteroatoms. The molecule has 2 aromatic heterocycles. The van der Waals surface area contributed by atoms with Crippen molar-refractivity contribution in [1.29, 1.82) is 0 Å². The van der Waals surface area contributed by atoms with Gasteiger partial charge in [-0.2, -0.15) is 5.10 Å². The molecule has 3 heterocycles.